The van der Waals surface area contributed by atoms with Gasteiger partial charge in [0.1, 0.15) is 10.1 Å². The first-order valence-electron chi connectivity index (χ1n) is 6.23. The lowest BCUT2D eigenvalue weighted by Gasteiger charge is -2.12. The maximum atomic E-state index is 12.3. The molecule has 0 spiro atoms. The molecule has 5 nitrogen and oxygen atoms in total. The van der Waals surface area contributed by atoms with Crippen molar-refractivity contribution in [3.8, 4) is 5.75 Å². The first-order valence-corrected chi connectivity index (χ1v) is 8.25. The lowest BCUT2D eigenvalue weighted by atomic mass is 10.2. The molecule has 1 aromatic carbocycles. The summed E-state index contributed by atoms with van der Waals surface area (Å²) >= 11 is 9.68. The molecule has 22 heavy (non-hydrogen) atoms. The van der Waals surface area contributed by atoms with Crippen LogP contribution in [0.4, 0.5) is 0 Å². The van der Waals surface area contributed by atoms with Gasteiger partial charge >= 0.3 is 5.97 Å². The van der Waals surface area contributed by atoms with E-state index in [1.807, 2.05) is 12.1 Å². The second kappa shape index (κ2) is 7.26. The van der Waals surface area contributed by atoms with Crippen LogP contribution in [0.2, 0.25) is 0 Å². The van der Waals surface area contributed by atoms with Crippen LogP contribution in [0.3, 0.4) is 0 Å². The highest BCUT2D eigenvalue weighted by atomic mass is 79.9. The summed E-state index contributed by atoms with van der Waals surface area (Å²) in [7, 11) is 1.55. The molecule has 0 atom stereocenters. The third kappa shape index (κ3) is 3.88. The fourth-order valence-electron chi connectivity index (χ4n) is 1.86. The molecule has 1 aliphatic rings. The van der Waals surface area contributed by atoms with E-state index >= 15 is 0 Å². The van der Waals surface area contributed by atoms with Crippen molar-refractivity contribution >= 4 is 62.2 Å². The number of hydrogen-bond donors (Lipinski definition) is 1. The fourth-order valence-corrected chi connectivity index (χ4v) is 3.54. The molecule has 0 aliphatic carbocycles. The minimum absolute atomic E-state index is 0.0763. The Kier molecular flexibility index (Phi) is 5.60. The van der Waals surface area contributed by atoms with Crippen molar-refractivity contribution in [2.45, 2.75) is 6.42 Å². The number of ether oxygens (including phenoxy) is 1. The van der Waals surface area contributed by atoms with E-state index in [4.69, 9.17) is 22.1 Å². The molecular weight excluding hydrogens is 390 g/mol. The predicted molar refractivity (Wildman–Crippen MR) is 92.8 cm³/mol. The summed E-state index contributed by atoms with van der Waals surface area (Å²) in [5.41, 5.74) is 0.746. The first-order chi connectivity index (χ1) is 10.4. The van der Waals surface area contributed by atoms with Crippen LogP contribution in [0, 0.1) is 0 Å². The van der Waals surface area contributed by atoms with Gasteiger partial charge in [-0.3, -0.25) is 14.5 Å². The minimum Gasteiger partial charge on any atom is -0.496 e. The monoisotopic (exact) mass is 401 g/mol. The summed E-state index contributed by atoms with van der Waals surface area (Å²) in [5, 5.41) is 8.72. The molecule has 1 N–H and O–H groups in total. The molecule has 0 saturated carbocycles. The molecule has 1 saturated heterocycles. The van der Waals surface area contributed by atoms with Crippen LogP contribution in [-0.4, -0.2) is 39.9 Å². The third-order valence-electron chi connectivity index (χ3n) is 2.90. The standard InChI is InChI=1S/C14H12BrNO4S2/c1-20-10-3-2-9(15)6-8(10)7-11-13(19)16(14(21)22-11)5-4-12(17)18/h2-3,6-7H,4-5H2,1H3,(H,17,18)/b11-7+. The second-order valence-electron chi connectivity index (χ2n) is 4.36. The number of carbonyl (C=O) groups excluding carboxylic acids is 1. The van der Waals surface area contributed by atoms with Gasteiger partial charge in [-0.25, -0.2) is 0 Å². The minimum atomic E-state index is -0.966. The highest BCUT2D eigenvalue weighted by Crippen LogP contribution is 2.35. The van der Waals surface area contributed by atoms with E-state index < -0.39 is 5.97 Å². The van der Waals surface area contributed by atoms with Gasteiger partial charge in [0.25, 0.3) is 5.91 Å². The molecule has 1 aliphatic heterocycles. The van der Waals surface area contributed by atoms with Crippen molar-refractivity contribution in [1.82, 2.24) is 4.90 Å². The van der Waals surface area contributed by atoms with E-state index in [-0.39, 0.29) is 18.9 Å². The molecule has 116 valence electrons. The van der Waals surface area contributed by atoms with Crippen LogP contribution in [0.25, 0.3) is 6.08 Å². The number of carbonyl (C=O) groups is 2. The molecule has 8 heteroatoms. The zero-order chi connectivity index (χ0) is 16.3. The van der Waals surface area contributed by atoms with Crippen molar-refractivity contribution in [3.05, 3.63) is 33.1 Å². The first kappa shape index (κ1) is 17.0. The molecule has 1 fully saturated rings. The number of aliphatic carboxylic acids is 1. The molecule has 1 amide bonds. The number of amides is 1. The number of hydrogen-bond acceptors (Lipinski definition) is 5. The summed E-state index contributed by atoms with van der Waals surface area (Å²) < 4.78 is 6.50. The largest absolute Gasteiger partial charge is 0.496 e. The van der Waals surface area contributed by atoms with Crippen LogP contribution < -0.4 is 4.74 Å². The number of methoxy groups -OCH3 is 1. The van der Waals surface area contributed by atoms with Gasteiger partial charge in [-0.2, -0.15) is 0 Å². The molecule has 0 aromatic heterocycles. The van der Waals surface area contributed by atoms with E-state index in [9.17, 15) is 9.59 Å². The Balaban J connectivity index is 2.26. The summed E-state index contributed by atoms with van der Waals surface area (Å²) in [6.07, 6.45) is 1.56. The summed E-state index contributed by atoms with van der Waals surface area (Å²) in [5.74, 6) is -0.607. The number of carboxylic acid groups (broad SMARTS) is 1. The van der Waals surface area contributed by atoms with Crippen LogP contribution in [0.1, 0.15) is 12.0 Å². The fraction of sp³-hybridized carbons (Fsp3) is 0.214. The molecule has 1 heterocycles. The molecule has 2 rings (SSSR count). The van der Waals surface area contributed by atoms with Gasteiger partial charge in [0.15, 0.2) is 0 Å². The van der Waals surface area contributed by atoms with Crippen LogP contribution in [0.15, 0.2) is 27.6 Å². The van der Waals surface area contributed by atoms with Gasteiger partial charge < -0.3 is 9.84 Å². The predicted octanol–water partition coefficient (Wildman–Crippen LogP) is 3.13. The van der Waals surface area contributed by atoms with E-state index in [0.29, 0.717) is 15.0 Å². The van der Waals surface area contributed by atoms with E-state index in [1.165, 1.54) is 4.90 Å². The van der Waals surface area contributed by atoms with Crippen molar-refractivity contribution in [1.29, 1.82) is 0 Å². The zero-order valence-corrected chi connectivity index (χ0v) is 14.8. The number of carboxylic acids is 1. The van der Waals surface area contributed by atoms with Crippen LogP contribution in [0.5, 0.6) is 5.75 Å². The van der Waals surface area contributed by atoms with E-state index in [1.54, 1.807) is 19.3 Å². The van der Waals surface area contributed by atoms with E-state index in [0.717, 1.165) is 21.8 Å². The Bertz CT molecular complexity index is 675. The average Bonchev–Trinajstić information content (AvgIpc) is 2.71. The third-order valence-corrected chi connectivity index (χ3v) is 4.77. The lowest BCUT2D eigenvalue weighted by Crippen LogP contribution is -2.30. The summed E-state index contributed by atoms with van der Waals surface area (Å²) in [6, 6.07) is 5.47. The van der Waals surface area contributed by atoms with Crippen molar-refractivity contribution in [2.24, 2.45) is 0 Å². The second-order valence-corrected chi connectivity index (χ2v) is 6.95. The van der Waals surface area contributed by atoms with Crippen molar-refractivity contribution < 1.29 is 19.4 Å². The Labute approximate surface area is 145 Å². The Morgan fingerprint density at radius 3 is 2.91 bits per heavy atom. The maximum Gasteiger partial charge on any atom is 0.305 e. The molecule has 0 radical (unpaired) electrons. The molecular formula is C14H12BrNO4S2. The highest BCUT2D eigenvalue weighted by molar-refractivity contribution is 9.10. The van der Waals surface area contributed by atoms with Crippen molar-refractivity contribution in [2.75, 3.05) is 13.7 Å². The number of benzene rings is 1. The van der Waals surface area contributed by atoms with Crippen LogP contribution >= 0.6 is 39.9 Å². The van der Waals surface area contributed by atoms with Crippen LogP contribution in [-0.2, 0) is 9.59 Å². The van der Waals surface area contributed by atoms with E-state index in [2.05, 4.69) is 15.9 Å². The smallest absolute Gasteiger partial charge is 0.305 e. The molecule has 1 aromatic rings. The lowest BCUT2D eigenvalue weighted by molar-refractivity contribution is -0.137. The highest BCUT2D eigenvalue weighted by Gasteiger charge is 2.32. The topological polar surface area (TPSA) is 66.8 Å². The number of thioether (sulfide) groups is 1. The van der Waals surface area contributed by atoms with Gasteiger partial charge in [-0.1, -0.05) is 39.9 Å². The number of nitrogens with zero attached hydrogens (tertiary/aromatic N) is 1. The van der Waals surface area contributed by atoms with Gasteiger partial charge in [-0.15, -0.1) is 0 Å². The van der Waals surface area contributed by atoms with Gasteiger partial charge in [0.2, 0.25) is 0 Å². The summed E-state index contributed by atoms with van der Waals surface area (Å²) in [6.45, 7) is 0.0763. The quantitative estimate of drug-likeness (QED) is 0.603. The Morgan fingerprint density at radius 1 is 1.55 bits per heavy atom. The Morgan fingerprint density at radius 2 is 2.27 bits per heavy atom. The van der Waals surface area contributed by atoms with Crippen molar-refractivity contribution in [3.63, 3.8) is 0 Å². The zero-order valence-electron chi connectivity index (χ0n) is 11.5. The maximum absolute atomic E-state index is 12.3. The average molecular weight is 402 g/mol. The summed E-state index contributed by atoms with van der Waals surface area (Å²) in [4.78, 5) is 24.7. The Hall–Kier alpha value is -1.38. The SMILES string of the molecule is COc1ccc(Br)cc1/C=C1/SC(=S)N(CCC(=O)O)C1=O. The number of thiocarbonyl (C=S) groups is 1. The normalized spacial score (nSPS) is 16.5. The van der Waals surface area contributed by atoms with Gasteiger partial charge in [-0.05, 0) is 24.3 Å². The molecule has 0 bridgehead atoms. The number of rotatable bonds is 5. The van der Waals surface area contributed by atoms with Gasteiger partial charge in [0.05, 0.1) is 18.4 Å². The number of halogens is 1. The molecule has 0 unspecified atom stereocenters. The van der Waals surface area contributed by atoms with Gasteiger partial charge in [0, 0.05) is 16.6 Å².